The second-order valence-corrected chi connectivity index (χ2v) is 9.31. The third-order valence-corrected chi connectivity index (χ3v) is 7.23. The van der Waals surface area contributed by atoms with E-state index < -0.39 is 22.0 Å². The van der Waals surface area contributed by atoms with E-state index in [1.807, 2.05) is 0 Å². The first-order valence-corrected chi connectivity index (χ1v) is 11.0. The summed E-state index contributed by atoms with van der Waals surface area (Å²) in [4.78, 5) is 24.8. The fourth-order valence-corrected chi connectivity index (χ4v) is 5.34. The molecule has 1 aromatic rings. The van der Waals surface area contributed by atoms with E-state index >= 15 is 0 Å². The van der Waals surface area contributed by atoms with Gasteiger partial charge in [-0.15, -0.1) is 0 Å². The molecule has 27 heavy (non-hydrogen) atoms. The molecule has 0 bridgehead atoms. The number of benzene rings is 1. The fraction of sp³-hybridized carbons (Fsp3) is 0.556. The molecular weight excluding hydrogens is 390 g/mol. The summed E-state index contributed by atoms with van der Waals surface area (Å²) in [7, 11) is -3.91. The number of carbonyl (C=O) groups excluding carboxylic acids is 2. The number of amides is 2. The molecule has 2 N–H and O–H groups in total. The highest BCUT2D eigenvalue weighted by Crippen LogP contribution is 2.23. The number of carbonyl (C=O) groups is 2. The summed E-state index contributed by atoms with van der Waals surface area (Å²) < 4.78 is 27.1. The van der Waals surface area contributed by atoms with Gasteiger partial charge < -0.3 is 10.6 Å². The Morgan fingerprint density at radius 2 is 1.85 bits per heavy atom. The van der Waals surface area contributed by atoms with Crippen LogP contribution in [-0.4, -0.2) is 49.7 Å². The first-order valence-electron chi connectivity index (χ1n) is 9.22. The van der Waals surface area contributed by atoms with Gasteiger partial charge in [0.15, 0.2) is 0 Å². The predicted octanol–water partition coefficient (Wildman–Crippen LogP) is 1.67. The second-order valence-electron chi connectivity index (χ2n) is 6.98. The standard InChI is InChI=1S/C18H24ClN3O4S/c19-13-6-8-15(9-7-13)27(25,26)22-11-10-20-18(24)16(22)12-17(23)21-14-4-2-1-3-5-14/h6-9,14,16H,1-5,10-12H2,(H,20,24)(H,21,23)/t16-/m0/s1. The van der Waals surface area contributed by atoms with Gasteiger partial charge in [0.2, 0.25) is 21.8 Å². The van der Waals surface area contributed by atoms with Crippen LogP contribution >= 0.6 is 11.6 Å². The van der Waals surface area contributed by atoms with Crippen LogP contribution in [0, 0.1) is 0 Å². The van der Waals surface area contributed by atoms with Crippen molar-refractivity contribution in [2.75, 3.05) is 13.1 Å². The predicted molar refractivity (Wildman–Crippen MR) is 102 cm³/mol. The molecule has 148 valence electrons. The van der Waals surface area contributed by atoms with Crippen LogP contribution in [0.3, 0.4) is 0 Å². The number of rotatable bonds is 5. The van der Waals surface area contributed by atoms with Gasteiger partial charge in [0, 0.05) is 24.2 Å². The van der Waals surface area contributed by atoms with E-state index in [0.717, 1.165) is 30.0 Å². The van der Waals surface area contributed by atoms with Crippen molar-refractivity contribution < 1.29 is 18.0 Å². The van der Waals surface area contributed by atoms with Crippen molar-refractivity contribution >= 4 is 33.4 Å². The molecule has 1 aliphatic heterocycles. The Balaban J connectivity index is 1.75. The summed E-state index contributed by atoms with van der Waals surface area (Å²) in [6, 6.07) is 4.85. The average Bonchev–Trinajstić information content (AvgIpc) is 2.64. The van der Waals surface area contributed by atoms with E-state index in [-0.39, 0.29) is 36.4 Å². The number of halogens is 1. The van der Waals surface area contributed by atoms with E-state index in [0.29, 0.717) is 5.02 Å². The van der Waals surface area contributed by atoms with Crippen LogP contribution in [0.1, 0.15) is 38.5 Å². The minimum Gasteiger partial charge on any atom is -0.353 e. The van der Waals surface area contributed by atoms with Gasteiger partial charge in [-0.05, 0) is 37.1 Å². The SMILES string of the molecule is O=C(C[C@H]1C(=O)NCCN1S(=O)(=O)c1ccc(Cl)cc1)NC1CCCCC1. The molecule has 1 heterocycles. The first kappa shape index (κ1) is 20.1. The van der Waals surface area contributed by atoms with Gasteiger partial charge in [-0.1, -0.05) is 30.9 Å². The molecule has 2 aliphatic rings. The summed E-state index contributed by atoms with van der Waals surface area (Å²) >= 11 is 5.84. The van der Waals surface area contributed by atoms with Crippen LogP contribution in [0.15, 0.2) is 29.2 Å². The molecule has 2 fully saturated rings. The maximum Gasteiger partial charge on any atom is 0.243 e. The van der Waals surface area contributed by atoms with E-state index in [1.165, 1.54) is 30.7 Å². The Bertz CT molecular complexity index is 791. The monoisotopic (exact) mass is 413 g/mol. The normalized spacial score (nSPS) is 22.3. The number of piperazine rings is 1. The highest BCUT2D eigenvalue weighted by Gasteiger charge is 2.39. The third-order valence-electron chi connectivity index (χ3n) is 5.05. The maximum absolute atomic E-state index is 13.0. The van der Waals surface area contributed by atoms with Crippen molar-refractivity contribution in [3.63, 3.8) is 0 Å². The zero-order chi connectivity index (χ0) is 19.4. The first-order chi connectivity index (χ1) is 12.9. The highest BCUT2D eigenvalue weighted by atomic mass is 35.5. The summed E-state index contributed by atoms with van der Waals surface area (Å²) in [5, 5.41) is 6.03. The molecular formula is C18H24ClN3O4S. The van der Waals surface area contributed by atoms with Crippen molar-refractivity contribution in [1.82, 2.24) is 14.9 Å². The Hall–Kier alpha value is -1.64. The second kappa shape index (κ2) is 8.58. The van der Waals surface area contributed by atoms with Crippen molar-refractivity contribution in [2.24, 2.45) is 0 Å². The van der Waals surface area contributed by atoms with Gasteiger partial charge in [0.1, 0.15) is 6.04 Å². The lowest BCUT2D eigenvalue weighted by Gasteiger charge is -2.34. The third kappa shape index (κ3) is 4.80. The molecule has 1 aromatic carbocycles. The van der Waals surface area contributed by atoms with Crippen LogP contribution in [0.5, 0.6) is 0 Å². The molecule has 0 spiro atoms. The molecule has 7 nitrogen and oxygen atoms in total. The zero-order valence-electron chi connectivity index (χ0n) is 15.0. The van der Waals surface area contributed by atoms with Crippen molar-refractivity contribution in [3.8, 4) is 0 Å². The average molecular weight is 414 g/mol. The van der Waals surface area contributed by atoms with Crippen LogP contribution in [0.25, 0.3) is 0 Å². The highest BCUT2D eigenvalue weighted by molar-refractivity contribution is 7.89. The fourth-order valence-electron chi connectivity index (χ4n) is 3.63. The molecule has 2 amide bonds. The van der Waals surface area contributed by atoms with Crippen molar-refractivity contribution in [2.45, 2.75) is 55.5 Å². The lowest BCUT2D eigenvalue weighted by atomic mass is 9.95. The molecule has 9 heteroatoms. The van der Waals surface area contributed by atoms with Gasteiger partial charge in [-0.3, -0.25) is 9.59 Å². The number of hydrogen-bond acceptors (Lipinski definition) is 4. The molecule has 1 atom stereocenters. The van der Waals surface area contributed by atoms with E-state index in [4.69, 9.17) is 11.6 Å². The number of hydrogen-bond donors (Lipinski definition) is 2. The lowest BCUT2D eigenvalue weighted by molar-refractivity contribution is -0.132. The van der Waals surface area contributed by atoms with Gasteiger partial charge in [-0.2, -0.15) is 4.31 Å². The summed E-state index contributed by atoms with van der Waals surface area (Å²) in [6.45, 7) is 0.338. The molecule has 0 unspecified atom stereocenters. The van der Waals surface area contributed by atoms with E-state index in [9.17, 15) is 18.0 Å². The molecule has 1 saturated carbocycles. The van der Waals surface area contributed by atoms with Crippen LogP contribution < -0.4 is 10.6 Å². The van der Waals surface area contributed by atoms with E-state index in [2.05, 4.69) is 10.6 Å². The Kier molecular flexibility index (Phi) is 6.39. The molecule has 1 saturated heterocycles. The summed E-state index contributed by atoms with van der Waals surface area (Å²) in [6.07, 6.45) is 4.99. The topological polar surface area (TPSA) is 95.6 Å². The number of nitrogens with one attached hydrogen (secondary N) is 2. The Morgan fingerprint density at radius 1 is 1.19 bits per heavy atom. The quantitative estimate of drug-likeness (QED) is 0.767. The molecule has 0 aromatic heterocycles. The minimum atomic E-state index is -3.91. The molecule has 3 rings (SSSR count). The van der Waals surface area contributed by atoms with Crippen LogP contribution in [0.2, 0.25) is 5.02 Å². The zero-order valence-corrected chi connectivity index (χ0v) is 16.6. The number of nitrogens with zero attached hydrogens (tertiary/aromatic N) is 1. The van der Waals surface area contributed by atoms with Crippen LogP contribution in [0.4, 0.5) is 0 Å². The summed E-state index contributed by atoms with van der Waals surface area (Å²) in [5.74, 6) is -0.738. The minimum absolute atomic E-state index is 0.0549. The lowest BCUT2D eigenvalue weighted by Crippen LogP contribution is -2.58. The van der Waals surface area contributed by atoms with E-state index in [1.54, 1.807) is 0 Å². The van der Waals surface area contributed by atoms with Gasteiger partial charge >= 0.3 is 0 Å². The van der Waals surface area contributed by atoms with Gasteiger partial charge in [0.25, 0.3) is 0 Å². The maximum atomic E-state index is 13.0. The Labute approximate surface area is 164 Å². The van der Waals surface area contributed by atoms with Crippen molar-refractivity contribution in [1.29, 1.82) is 0 Å². The van der Waals surface area contributed by atoms with Crippen LogP contribution in [-0.2, 0) is 19.6 Å². The van der Waals surface area contributed by atoms with Gasteiger partial charge in [0.05, 0.1) is 11.3 Å². The number of sulfonamides is 1. The molecule has 1 aliphatic carbocycles. The molecule has 0 radical (unpaired) electrons. The van der Waals surface area contributed by atoms with Crippen molar-refractivity contribution in [3.05, 3.63) is 29.3 Å². The Morgan fingerprint density at radius 3 is 2.52 bits per heavy atom. The summed E-state index contributed by atoms with van der Waals surface area (Å²) in [5.41, 5.74) is 0. The van der Waals surface area contributed by atoms with Gasteiger partial charge in [-0.25, -0.2) is 8.42 Å². The smallest absolute Gasteiger partial charge is 0.243 e. The largest absolute Gasteiger partial charge is 0.353 e.